The Balaban J connectivity index is 1.53. The second-order valence-electron chi connectivity index (χ2n) is 7.81. The molecule has 33 heavy (non-hydrogen) atoms. The third kappa shape index (κ3) is 7.23. The molecule has 0 bridgehead atoms. The minimum Gasteiger partial charge on any atom is -0.495 e. The first kappa shape index (κ1) is 25.1. The quantitative estimate of drug-likeness (QED) is 0.555. The summed E-state index contributed by atoms with van der Waals surface area (Å²) in [5, 5.41) is 14.1. The molecule has 0 radical (unpaired) electrons. The van der Waals surface area contributed by atoms with Crippen LogP contribution in [0, 0.1) is 0 Å². The van der Waals surface area contributed by atoms with E-state index in [1.54, 1.807) is 11.0 Å². The molecule has 1 aliphatic heterocycles. The van der Waals surface area contributed by atoms with Gasteiger partial charge in [-0.1, -0.05) is 35.3 Å². The number of benzene rings is 2. The van der Waals surface area contributed by atoms with Gasteiger partial charge >= 0.3 is 0 Å². The number of nitrogens with zero attached hydrogens (tertiary/aromatic N) is 2. The highest BCUT2D eigenvalue weighted by atomic mass is 35.5. The SMILES string of the molecule is COc1cc(OC[C@@H](O)CN2CCN(Cc3ccc(Cl)cc3)CC2=O)c(NC(C)=O)cc1Cl. The number of carbonyl (C=O) groups excluding carboxylic acids is 2. The molecular formula is C23H27Cl2N3O5. The fourth-order valence-electron chi connectivity index (χ4n) is 3.52. The Morgan fingerprint density at radius 1 is 1.18 bits per heavy atom. The molecule has 8 nitrogen and oxygen atoms in total. The fourth-order valence-corrected chi connectivity index (χ4v) is 3.89. The van der Waals surface area contributed by atoms with E-state index in [1.165, 1.54) is 20.1 Å². The normalized spacial score (nSPS) is 15.3. The maximum absolute atomic E-state index is 12.6. The summed E-state index contributed by atoms with van der Waals surface area (Å²) in [6, 6.07) is 10.6. The van der Waals surface area contributed by atoms with Gasteiger partial charge in [0, 0.05) is 44.2 Å². The fraction of sp³-hybridized carbons (Fsp3) is 0.391. The molecule has 1 saturated heterocycles. The van der Waals surface area contributed by atoms with Crippen LogP contribution in [-0.4, -0.2) is 72.7 Å². The minimum atomic E-state index is -0.913. The Morgan fingerprint density at radius 2 is 1.91 bits per heavy atom. The average Bonchev–Trinajstić information content (AvgIpc) is 2.76. The number of β-amino-alcohol motifs (C(OH)–C–C–N with tert-alkyl or cyclic N) is 1. The van der Waals surface area contributed by atoms with Crippen molar-refractivity contribution in [1.29, 1.82) is 0 Å². The molecule has 1 atom stereocenters. The lowest BCUT2D eigenvalue weighted by atomic mass is 10.2. The number of aliphatic hydroxyl groups is 1. The molecule has 2 amide bonds. The van der Waals surface area contributed by atoms with Gasteiger partial charge < -0.3 is 24.8 Å². The van der Waals surface area contributed by atoms with Gasteiger partial charge in [-0.05, 0) is 23.8 Å². The number of piperazine rings is 1. The molecule has 0 aromatic heterocycles. The molecule has 2 aromatic carbocycles. The van der Waals surface area contributed by atoms with Gasteiger partial charge in [-0.3, -0.25) is 14.5 Å². The Bertz CT molecular complexity index is 987. The second-order valence-corrected chi connectivity index (χ2v) is 8.65. The van der Waals surface area contributed by atoms with Gasteiger partial charge in [-0.15, -0.1) is 0 Å². The van der Waals surface area contributed by atoms with Crippen LogP contribution in [0.5, 0.6) is 11.5 Å². The van der Waals surface area contributed by atoms with E-state index in [0.717, 1.165) is 5.56 Å². The molecular weight excluding hydrogens is 469 g/mol. The summed E-state index contributed by atoms with van der Waals surface area (Å²) in [7, 11) is 1.47. The molecule has 10 heteroatoms. The molecule has 0 spiro atoms. The van der Waals surface area contributed by atoms with Gasteiger partial charge in [0.2, 0.25) is 11.8 Å². The number of carbonyl (C=O) groups is 2. The predicted octanol–water partition coefficient (Wildman–Crippen LogP) is 3.04. The first-order valence-corrected chi connectivity index (χ1v) is 11.2. The maximum atomic E-state index is 12.6. The van der Waals surface area contributed by atoms with E-state index >= 15 is 0 Å². The van der Waals surface area contributed by atoms with E-state index in [-0.39, 0.29) is 31.5 Å². The lowest BCUT2D eigenvalue weighted by Crippen LogP contribution is -2.52. The molecule has 0 saturated carbocycles. The molecule has 178 valence electrons. The van der Waals surface area contributed by atoms with Gasteiger partial charge in [0.1, 0.15) is 24.2 Å². The molecule has 0 unspecified atom stereocenters. The van der Waals surface area contributed by atoms with Crippen LogP contribution in [-0.2, 0) is 16.1 Å². The zero-order valence-electron chi connectivity index (χ0n) is 18.5. The third-order valence-corrected chi connectivity index (χ3v) is 5.69. The highest BCUT2D eigenvalue weighted by Crippen LogP contribution is 2.36. The highest BCUT2D eigenvalue weighted by molar-refractivity contribution is 6.32. The van der Waals surface area contributed by atoms with Gasteiger partial charge in [0.25, 0.3) is 0 Å². The van der Waals surface area contributed by atoms with Crippen molar-refractivity contribution in [1.82, 2.24) is 9.80 Å². The van der Waals surface area contributed by atoms with Crippen LogP contribution in [0.4, 0.5) is 5.69 Å². The lowest BCUT2D eigenvalue weighted by molar-refractivity contribution is -0.138. The summed E-state index contributed by atoms with van der Waals surface area (Å²) in [5.41, 5.74) is 1.45. The topological polar surface area (TPSA) is 91.3 Å². The number of anilines is 1. The smallest absolute Gasteiger partial charge is 0.236 e. The second kappa shape index (κ2) is 11.6. The van der Waals surface area contributed by atoms with E-state index in [2.05, 4.69) is 10.2 Å². The van der Waals surface area contributed by atoms with E-state index in [9.17, 15) is 14.7 Å². The molecule has 1 aliphatic rings. The summed E-state index contributed by atoms with van der Waals surface area (Å²) < 4.78 is 10.9. The summed E-state index contributed by atoms with van der Waals surface area (Å²) in [4.78, 5) is 27.8. The number of aliphatic hydroxyl groups excluding tert-OH is 1. The van der Waals surface area contributed by atoms with Crippen molar-refractivity contribution in [2.75, 3.05) is 45.2 Å². The van der Waals surface area contributed by atoms with Crippen LogP contribution in [0.1, 0.15) is 12.5 Å². The number of amides is 2. The number of rotatable bonds is 9. The zero-order chi connectivity index (χ0) is 24.0. The Kier molecular flexibility index (Phi) is 8.80. The summed E-state index contributed by atoms with van der Waals surface area (Å²) in [6.45, 7) is 3.58. The van der Waals surface area contributed by atoms with Crippen molar-refractivity contribution in [3.05, 3.63) is 52.0 Å². The average molecular weight is 496 g/mol. The van der Waals surface area contributed by atoms with E-state index in [0.29, 0.717) is 46.9 Å². The van der Waals surface area contributed by atoms with E-state index in [4.69, 9.17) is 32.7 Å². The standard InChI is InChI=1S/C23H27Cl2N3O5/c1-15(29)26-20-9-19(25)21(32-2)10-22(20)33-14-18(30)12-28-8-7-27(13-23(28)31)11-16-3-5-17(24)6-4-16/h3-6,9-10,18,30H,7-8,11-14H2,1-2H3,(H,26,29)/t18-/m0/s1. The number of methoxy groups -OCH3 is 1. The van der Waals surface area contributed by atoms with Crippen molar-refractivity contribution < 1.29 is 24.2 Å². The minimum absolute atomic E-state index is 0.0543. The van der Waals surface area contributed by atoms with Crippen molar-refractivity contribution >= 4 is 40.7 Å². The van der Waals surface area contributed by atoms with Crippen molar-refractivity contribution in [3.63, 3.8) is 0 Å². The number of ether oxygens (including phenoxy) is 2. The van der Waals surface area contributed by atoms with Crippen molar-refractivity contribution in [3.8, 4) is 11.5 Å². The zero-order valence-corrected chi connectivity index (χ0v) is 20.0. The number of hydrogen-bond acceptors (Lipinski definition) is 6. The third-order valence-electron chi connectivity index (χ3n) is 5.14. The predicted molar refractivity (Wildman–Crippen MR) is 127 cm³/mol. The molecule has 1 heterocycles. The Labute approximate surface area is 203 Å². The first-order chi connectivity index (χ1) is 15.7. The Hall–Kier alpha value is -2.52. The van der Waals surface area contributed by atoms with E-state index < -0.39 is 6.10 Å². The number of hydrogen-bond donors (Lipinski definition) is 2. The van der Waals surface area contributed by atoms with Gasteiger partial charge in [-0.25, -0.2) is 0 Å². The Morgan fingerprint density at radius 3 is 2.55 bits per heavy atom. The first-order valence-electron chi connectivity index (χ1n) is 10.5. The van der Waals surface area contributed by atoms with Crippen LogP contribution in [0.15, 0.2) is 36.4 Å². The highest BCUT2D eigenvalue weighted by Gasteiger charge is 2.26. The molecule has 3 rings (SSSR count). The molecule has 2 aromatic rings. The van der Waals surface area contributed by atoms with Crippen LogP contribution < -0.4 is 14.8 Å². The van der Waals surface area contributed by atoms with Gasteiger partial charge in [0.05, 0.1) is 24.4 Å². The monoisotopic (exact) mass is 495 g/mol. The van der Waals surface area contributed by atoms with Gasteiger partial charge in [0.15, 0.2) is 0 Å². The van der Waals surface area contributed by atoms with Crippen LogP contribution >= 0.6 is 23.2 Å². The number of nitrogens with one attached hydrogen (secondary N) is 1. The maximum Gasteiger partial charge on any atom is 0.236 e. The van der Waals surface area contributed by atoms with Gasteiger partial charge in [-0.2, -0.15) is 0 Å². The van der Waals surface area contributed by atoms with E-state index in [1.807, 2.05) is 24.3 Å². The summed E-state index contributed by atoms with van der Waals surface area (Å²) in [5.74, 6) is 0.344. The lowest BCUT2D eigenvalue weighted by Gasteiger charge is -2.35. The van der Waals surface area contributed by atoms with Crippen LogP contribution in [0.3, 0.4) is 0 Å². The van der Waals surface area contributed by atoms with Crippen molar-refractivity contribution in [2.24, 2.45) is 0 Å². The molecule has 1 fully saturated rings. The van der Waals surface area contributed by atoms with Crippen LogP contribution in [0.2, 0.25) is 10.0 Å². The van der Waals surface area contributed by atoms with Crippen molar-refractivity contribution in [2.45, 2.75) is 19.6 Å². The largest absolute Gasteiger partial charge is 0.495 e. The molecule has 2 N–H and O–H groups in total. The summed E-state index contributed by atoms with van der Waals surface area (Å²) >= 11 is 12.1. The number of halogens is 2. The summed E-state index contributed by atoms with van der Waals surface area (Å²) in [6.07, 6.45) is -0.913. The molecule has 0 aliphatic carbocycles. The van der Waals surface area contributed by atoms with Crippen LogP contribution in [0.25, 0.3) is 0 Å².